The van der Waals surface area contributed by atoms with Crippen LogP contribution in [-0.4, -0.2) is 37.4 Å². The number of amides is 1. The summed E-state index contributed by atoms with van der Waals surface area (Å²) >= 11 is 0. The lowest BCUT2D eigenvalue weighted by atomic mass is 9.97. The van der Waals surface area contributed by atoms with Crippen molar-refractivity contribution in [3.8, 4) is 0 Å². The van der Waals surface area contributed by atoms with Gasteiger partial charge >= 0.3 is 5.82 Å². The molecule has 0 aromatic carbocycles. The second-order valence-corrected chi connectivity index (χ2v) is 5.09. The van der Waals surface area contributed by atoms with Gasteiger partial charge in [0.1, 0.15) is 12.7 Å². The van der Waals surface area contributed by atoms with Crippen LogP contribution in [-0.2, 0) is 11.3 Å². The standard InChI is InChI=1S/C12H18N4O3/c1-9-4-3-5-10(2)15(9)12(17)7-14-6-11(13-8-14)16(18)19/h6,8-10H,3-5,7H2,1-2H3. The fraction of sp³-hybridized carbons (Fsp3) is 0.667. The average Bonchev–Trinajstić information content (AvgIpc) is 2.77. The molecular formula is C12H18N4O3. The zero-order valence-corrected chi connectivity index (χ0v) is 11.2. The zero-order valence-electron chi connectivity index (χ0n) is 11.2. The first-order valence-corrected chi connectivity index (χ1v) is 6.46. The monoisotopic (exact) mass is 266 g/mol. The molecule has 2 atom stereocenters. The number of hydrogen-bond donors (Lipinski definition) is 0. The van der Waals surface area contributed by atoms with Crippen molar-refractivity contribution < 1.29 is 9.72 Å². The van der Waals surface area contributed by atoms with Crippen molar-refractivity contribution in [2.75, 3.05) is 0 Å². The van der Waals surface area contributed by atoms with E-state index in [0.717, 1.165) is 19.3 Å². The van der Waals surface area contributed by atoms with Gasteiger partial charge in [-0.2, -0.15) is 0 Å². The number of imidazole rings is 1. The summed E-state index contributed by atoms with van der Waals surface area (Å²) in [5.41, 5.74) is 0. The number of nitro groups is 1. The lowest BCUT2D eigenvalue weighted by Crippen LogP contribution is -2.48. The van der Waals surface area contributed by atoms with E-state index in [1.165, 1.54) is 17.1 Å². The Labute approximate surface area is 111 Å². The Kier molecular flexibility index (Phi) is 3.82. The lowest BCUT2D eigenvalue weighted by Gasteiger charge is -2.39. The molecule has 0 bridgehead atoms. The molecule has 1 aliphatic rings. The Bertz CT molecular complexity index is 475. The molecule has 0 radical (unpaired) electrons. The third-order valence-corrected chi connectivity index (χ3v) is 3.61. The van der Waals surface area contributed by atoms with Crippen LogP contribution in [0.15, 0.2) is 12.5 Å². The maximum absolute atomic E-state index is 12.3. The minimum Gasteiger partial charge on any atom is -0.358 e. The van der Waals surface area contributed by atoms with Crippen LogP contribution in [0.1, 0.15) is 33.1 Å². The summed E-state index contributed by atoms with van der Waals surface area (Å²) in [5, 5.41) is 10.5. The molecule has 2 rings (SSSR count). The maximum Gasteiger partial charge on any atom is 0.381 e. The van der Waals surface area contributed by atoms with Gasteiger partial charge in [-0.1, -0.05) is 0 Å². The van der Waals surface area contributed by atoms with Crippen LogP contribution in [0.5, 0.6) is 0 Å². The van der Waals surface area contributed by atoms with Crippen LogP contribution < -0.4 is 0 Å². The normalized spacial score (nSPS) is 23.4. The molecule has 2 unspecified atom stereocenters. The highest BCUT2D eigenvalue weighted by atomic mass is 16.6. The van der Waals surface area contributed by atoms with Gasteiger partial charge in [0.25, 0.3) is 0 Å². The van der Waals surface area contributed by atoms with Crippen LogP contribution in [0, 0.1) is 10.1 Å². The number of hydrogen-bond acceptors (Lipinski definition) is 4. The van der Waals surface area contributed by atoms with Gasteiger partial charge in [0, 0.05) is 12.1 Å². The van der Waals surface area contributed by atoms with E-state index < -0.39 is 4.92 Å². The molecule has 1 aliphatic heterocycles. The van der Waals surface area contributed by atoms with Crippen molar-refractivity contribution >= 4 is 11.7 Å². The highest BCUT2D eigenvalue weighted by molar-refractivity contribution is 5.76. The second-order valence-electron chi connectivity index (χ2n) is 5.09. The largest absolute Gasteiger partial charge is 0.381 e. The summed E-state index contributed by atoms with van der Waals surface area (Å²) in [6.45, 7) is 4.20. The van der Waals surface area contributed by atoms with Crippen LogP contribution in [0.3, 0.4) is 0 Å². The molecule has 7 nitrogen and oxygen atoms in total. The molecule has 1 amide bonds. The third-order valence-electron chi connectivity index (χ3n) is 3.61. The van der Waals surface area contributed by atoms with Crippen LogP contribution >= 0.6 is 0 Å². The van der Waals surface area contributed by atoms with Crippen LogP contribution in [0.25, 0.3) is 0 Å². The fourth-order valence-corrected chi connectivity index (χ4v) is 2.68. The Hall–Kier alpha value is -1.92. The van der Waals surface area contributed by atoms with E-state index in [-0.39, 0.29) is 30.4 Å². The van der Waals surface area contributed by atoms with Crippen LogP contribution in [0.2, 0.25) is 0 Å². The van der Waals surface area contributed by atoms with Crippen molar-refractivity contribution in [2.24, 2.45) is 0 Å². The molecule has 1 aromatic rings. The molecule has 7 heteroatoms. The summed E-state index contributed by atoms with van der Waals surface area (Å²) in [4.78, 5) is 27.8. The molecule has 1 aromatic heterocycles. The number of piperidine rings is 1. The highest BCUT2D eigenvalue weighted by Crippen LogP contribution is 2.22. The number of carbonyl (C=O) groups excluding carboxylic acids is 1. The van der Waals surface area contributed by atoms with E-state index in [0.29, 0.717) is 0 Å². The summed E-state index contributed by atoms with van der Waals surface area (Å²) < 4.78 is 1.47. The molecule has 0 spiro atoms. The minimum atomic E-state index is -0.562. The molecule has 104 valence electrons. The van der Waals surface area contributed by atoms with Gasteiger partial charge in [-0.05, 0) is 43.0 Å². The topological polar surface area (TPSA) is 81.3 Å². The Morgan fingerprint density at radius 1 is 1.47 bits per heavy atom. The summed E-state index contributed by atoms with van der Waals surface area (Å²) in [5.74, 6) is -0.237. The zero-order chi connectivity index (χ0) is 14.0. The number of likely N-dealkylation sites (tertiary alicyclic amines) is 1. The average molecular weight is 266 g/mol. The van der Waals surface area contributed by atoms with Gasteiger partial charge in [-0.3, -0.25) is 4.79 Å². The molecule has 1 fully saturated rings. The molecule has 0 saturated carbocycles. The number of rotatable bonds is 3. The van der Waals surface area contributed by atoms with Crippen molar-refractivity contribution in [2.45, 2.75) is 51.7 Å². The smallest absolute Gasteiger partial charge is 0.358 e. The SMILES string of the molecule is CC1CCCC(C)N1C(=O)Cn1cnc([N+](=O)[O-])c1. The number of carbonyl (C=O) groups is 1. The predicted octanol–water partition coefficient (Wildman–Crippen LogP) is 1.58. The van der Waals surface area contributed by atoms with Gasteiger partial charge in [-0.25, -0.2) is 0 Å². The number of nitrogens with zero attached hydrogens (tertiary/aromatic N) is 4. The molecule has 1 saturated heterocycles. The third kappa shape index (κ3) is 2.91. The van der Waals surface area contributed by atoms with Gasteiger partial charge in [0.2, 0.25) is 12.2 Å². The molecule has 0 N–H and O–H groups in total. The number of aromatic nitrogens is 2. The maximum atomic E-state index is 12.3. The minimum absolute atomic E-state index is 0.00741. The quantitative estimate of drug-likeness (QED) is 0.614. The van der Waals surface area contributed by atoms with E-state index in [9.17, 15) is 14.9 Å². The predicted molar refractivity (Wildman–Crippen MR) is 68.5 cm³/mol. The molecular weight excluding hydrogens is 248 g/mol. The van der Waals surface area contributed by atoms with Gasteiger partial charge in [-0.15, -0.1) is 0 Å². The van der Waals surface area contributed by atoms with Gasteiger partial charge in [0.15, 0.2) is 0 Å². The lowest BCUT2D eigenvalue weighted by molar-refractivity contribution is -0.389. The highest BCUT2D eigenvalue weighted by Gasteiger charge is 2.29. The first-order chi connectivity index (χ1) is 8.99. The van der Waals surface area contributed by atoms with E-state index in [2.05, 4.69) is 4.98 Å². The first kappa shape index (κ1) is 13.5. The molecule has 19 heavy (non-hydrogen) atoms. The fourth-order valence-electron chi connectivity index (χ4n) is 2.68. The Morgan fingerprint density at radius 2 is 2.11 bits per heavy atom. The Morgan fingerprint density at radius 3 is 2.63 bits per heavy atom. The van der Waals surface area contributed by atoms with Crippen molar-refractivity contribution in [3.63, 3.8) is 0 Å². The van der Waals surface area contributed by atoms with E-state index in [4.69, 9.17) is 0 Å². The summed E-state index contributed by atoms with van der Waals surface area (Å²) in [7, 11) is 0. The van der Waals surface area contributed by atoms with E-state index >= 15 is 0 Å². The molecule has 0 aliphatic carbocycles. The van der Waals surface area contributed by atoms with Crippen molar-refractivity contribution in [3.05, 3.63) is 22.6 Å². The van der Waals surface area contributed by atoms with E-state index in [1.807, 2.05) is 18.7 Å². The van der Waals surface area contributed by atoms with Crippen molar-refractivity contribution in [1.29, 1.82) is 0 Å². The van der Waals surface area contributed by atoms with Crippen LogP contribution in [0.4, 0.5) is 5.82 Å². The van der Waals surface area contributed by atoms with Gasteiger partial charge < -0.3 is 19.6 Å². The Balaban J connectivity index is 2.05. The first-order valence-electron chi connectivity index (χ1n) is 6.46. The van der Waals surface area contributed by atoms with E-state index in [1.54, 1.807) is 0 Å². The molecule has 2 heterocycles. The summed E-state index contributed by atoms with van der Waals surface area (Å²) in [6.07, 6.45) is 5.79. The second kappa shape index (κ2) is 5.38. The van der Waals surface area contributed by atoms with Crippen molar-refractivity contribution in [1.82, 2.24) is 14.5 Å². The van der Waals surface area contributed by atoms with Gasteiger partial charge in [0.05, 0.1) is 0 Å². The summed E-state index contributed by atoms with van der Waals surface area (Å²) in [6, 6.07) is 0.463.